The second-order valence-corrected chi connectivity index (χ2v) is 9.14. The maximum absolute atomic E-state index is 14.2. The highest BCUT2D eigenvalue weighted by atomic mass is 31.0. The Morgan fingerprint density at radius 3 is 2.43 bits per heavy atom. The van der Waals surface area contributed by atoms with E-state index in [0.717, 1.165) is 28.0 Å². The first-order valence-electron chi connectivity index (χ1n) is 11.1. The third kappa shape index (κ3) is 4.59. The third-order valence-corrected chi connectivity index (χ3v) is 6.25. The topological polar surface area (TPSA) is 108 Å². The highest BCUT2D eigenvalue weighted by Gasteiger charge is 2.28. The van der Waals surface area contributed by atoms with Crippen LogP contribution in [-0.2, 0) is 12.7 Å². The number of nitrogen functional groups attached to an aromatic ring is 1. The first-order chi connectivity index (χ1) is 17.6. The number of alkyl halides is 2. The van der Waals surface area contributed by atoms with Crippen molar-refractivity contribution in [3.8, 4) is 16.8 Å². The van der Waals surface area contributed by atoms with E-state index in [1.807, 2.05) is 17.8 Å². The van der Waals surface area contributed by atoms with Crippen molar-refractivity contribution in [3.63, 3.8) is 0 Å². The van der Waals surface area contributed by atoms with Crippen molar-refractivity contribution in [2.75, 3.05) is 11.1 Å². The molecule has 2 aromatic carbocycles. The van der Waals surface area contributed by atoms with Crippen molar-refractivity contribution in [2.45, 2.75) is 5.66 Å². The van der Waals surface area contributed by atoms with E-state index in [9.17, 15) is 18.4 Å². The Kier molecular flexibility index (Phi) is 6.05. The van der Waals surface area contributed by atoms with Crippen LogP contribution in [0.5, 0.6) is 0 Å². The summed E-state index contributed by atoms with van der Waals surface area (Å²) in [7, 11) is 3.28. The fourth-order valence-corrected chi connectivity index (χ4v) is 4.25. The number of hydrogen-bond acceptors (Lipinski definition) is 5. The average molecular weight is 518 g/mol. The Morgan fingerprint density at radius 1 is 1.05 bits per heavy atom. The number of aryl methyl sites for hydroxylation is 1. The molecule has 0 radical (unpaired) electrons. The van der Waals surface area contributed by atoms with Gasteiger partial charge in [0.05, 0.1) is 5.39 Å². The SMILES string of the molecule is Cn1cc(-c2ccc(NC(=O)c3cc(C(F)(F)P)cn(-c4ccccc4)c3=O)cc2)c2c(N)ncnc21. The van der Waals surface area contributed by atoms with Gasteiger partial charge in [-0.15, -0.1) is 0 Å². The molecule has 1 atom stereocenters. The van der Waals surface area contributed by atoms with Crippen LogP contribution in [0.25, 0.3) is 27.8 Å². The molecule has 37 heavy (non-hydrogen) atoms. The molecule has 1 unspecified atom stereocenters. The van der Waals surface area contributed by atoms with Crippen LogP contribution >= 0.6 is 9.24 Å². The summed E-state index contributed by atoms with van der Waals surface area (Å²) < 4.78 is 31.3. The van der Waals surface area contributed by atoms with Crippen LogP contribution < -0.4 is 16.6 Å². The van der Waals surface area contributed by atoms with Crippen LogP contribution in [0.1, 0.15) is 15.9 Å². The molecule has 186 valence electrons. The molecular formula is C26H21F2N6O2P. The highest BCUT2D eigenvalue weighted by Crippen LogP contribution is 2.35. The maximum Gasteiger partial charge on any atom is 0.285 e. The number of halogens is 2. The van der Waals surface area contributed by atoms with Crippen LogP contribution in [0.3, 0.4) is 0 Å². The lowest BCUT2D eigenvalue weighted by Crippen LogP contribution is -2.29. The summed E-state index contributed by atoms with van der Waals surface area (Å²) in [6.45, 7) is 0. The predicted molar refractivity (Wildman–Crippen MR) is 142 cm³/mol. The zero-order valence-electron chi connectivity index (χ0n) is 19.5. The van der Waals surface area contributed by atoms with Crippen LogP contribution in [-0.4, -0.2) is 25.0 Å². The van der Waals surface area contributed by atoms with E-state index in [1.54, 1.807) is 54.6 Å². The molecule has 0 aliphatic rings. The monoisotopic (exact) mass is 518 g/mol. The van der Waals surface area contributed by atoms with Crippen molar-refractivity contribution in [1.29, 1.82) is 0 Å². The van der Waals surface area contributed by atoms with Crippen LogP contribution in [0, 0.1) is 0 Å². The Labute approximate surface area is 212 Å². The number of amides is 1. The van der Waals surface area contributed by atoms with Crippen molar-refractivity contribution < 1.29 is 13.6 Å². The quantitative estimate of drug-likeness (QED) is 0.332. The van der Waals surface area contributed by atoms with Gasteiger partial charge in [-0.1, -0.05) is 39.6 Å². The molecule has 0 fully saturated rings. The fraction of sp³-hybridized carbons (Fsp3) is 0.0769. The molecule has 0 spiro atoms. The van der Waals surface area contributed by atoms with E-state index in [1.165, 1.54) is 15.6 Å². The molecule has 8 nitrogen and oxygen atoms in total. The average Bonchev–Trinajstić information content (AvgIpc) is 3.22. The van der Waals surface area contributed by atoms with E-state index < -0.39 is 28.3 Å². The van der Waals surface area contributed by atoms with Gasteiger partial charge in [0.25, 0.3) is 17.1 Å². The van der Waals surface area contributed by atoms with Crippen molar-refractivity contribution in [3.05, 3.63) is 101 Å². The number of para-hydroxylation sites is 1. The summed E-state index contributed by atoms with van der Waals surface area (Å²) in [5.41, 5.74) is 4.16. The number of hydrogen-bond donors (Lipinski definition) is 2. The van der Waals surface area contributed by atoms with Gasteiger partial charge in [-0.05, 0) is 35.9 Å². The summed E-state index contributed by atoms with van der Waals surface area (Å²) >= 11 is 0. The molecule has 11 heteroatoms. The van der Waals surface area contributed by atoms with Gasteiger partial charge in [0.2, 0.25) is 0 Å². The van der Waals surface area contributed by atoms with E-state index in [2.05, 4.69) is 15.3 Å². The normalized spacial score (nSPS) is 11.6. The molecule has 0 saturated carbocycles. The predicted octanol–water partition coefficient (Wildman–Crippen LogP) is 4.55. The number of nitrogens with two attached hydrogens (primary N) is 1. The largest absolute Gasteiger partial charge is 0.383 e. The third-order valence-electron chi connectivity index (χ3n) is 5.92. The molecule has 3 N–H and O–H groups in total. The summed E-state index contributed by atoms with van der Waals surface area (Å²) in [6.07, 6.45) is 4.31. The first-order valence-corrected chi connectivity index (χ1v) is 11.7. The molecule has 3 aromatic heterocycles. The fourth-order valence-electron chi connectivity index (χ4n) is 4.09. The molecule has 5 aromatic rings. The number of rotatable bonds is 5. The van der Waals surface area contributed by atoms with Gasteiger partial charge in [-0.2, -0.15) is 8.78 Å². The van der Waals surface area contributed by atoms with E-state index >= 15 is 0 Å². The molecular weight excluding hydrogens is 497 g/mol. The Morgan fingerprint density at radius 2 is 1.76 bits per heavy atom. The number of carbonyl (C=O) groups excluding carboxylic acids is 1. The Balaban J connectivity index is 1.49. The van der Waals surface area contributed by atoms with E-state index in [-0.39, 0.29) is 0 Å². The Bertz CT molecular complexity index is 1690. The van der Waals surface area contributed by atoms with Crippen LogP contribution in [0.2, 0.25) is 0 Å². The molecule has 0 aliphatic carbocycles. The van der Waals surface area contributed by atoms with E-state index in [4.69, 9.17) is 5.73 Å². The van der Waals surface area contributed by atoms with Crippen molar-refractivity contribution in [1.82, 2.24) is 19.1 Å². The minimum Gasteiger partial charge on any atom is -0.383 e. The Hall–Kier alpha value is -4.43. The second kappa shape index (κ2) is 9.22. The first kappa shape index (κ1) is 24.3. The molecule has 3 heterocycles. The van der Waals surface area contributed by atoms with Gasteiger partial charge < -0.3 is 15.6 Å². The number of nitrogens with one attached hydrogen (secondary N) is 1. The lowest BCUT2D eigenvalue weighted by Gasteiger charge is -2.16. The zero-order chi connectivity index (χ0) is 26.3. The highest BCUT2D eigenvalue weighted by molar-refractivity contribution is 7.17. The summed E-state index contributed by atoms with van der Waals surface area (Å²) in [5.74, 6) is -0.459. The number of carbonyl (C=O) groups is 1. The smallest absolute Gasteiger partial charge is 0.285 e. The summed E-state index contributed by atoms with van der Waals surface area (Å²) in [5, 5.41) is 3.34. The van der Waals surface area contributed by atoms with Gasteiger partial charge in [-0.25, -0.2) is 9.97 Å². The number of aromatic nitrogens is 4. The lowest BCUT2D eigenvalue weighted by molar-refractivity contribution is 0.101. The molecule has 5 rings (SSSR count). The van der Waals surface area contributed by atoms with Gasteiger partial charge in [0.1, 0.15) is 23.4 Å². The van der Waals surface area contributed by atoms with Gasteiger partial charge in [0.15, 0.2) is 0 Å². The van der Waals surface area contributed by atoms with E-state index in [0.29, 0.717) is 28.2 Å². The van der Waals surface area contributed by atoms with Crippen LogP contribution in [0.15, 0.2) is 84.2 Å². The number of fused-ring (bicyclic) bond motifs is 1. The minimum absolute atomic E-state index is 0.346. The zero-order valence-corrected chi connectivity index (χ0v) is 20.7. The van der Waals surface area contributed by atoms with Gasteiger partial charge in [0, 0.05) is 41.9 Å². The van der Waals surface area contributed by atoms with Gasteiger partial charge >= 0.3 is 0 Å². The summed E-state index contributed by atoms with van der Waals surface area (Å²) in [6, 6.07) is 16.0. The number of benzene rings is 2. The van der Waals surface area contributed by atoms with Gasteiger partial charge in [-0.3, -0.25) is 14.2 Å². The summed E-state index contributed by atoms with van der Waals surface area (Å²) in [4.78, 5) is 34.5. The standard InChI is InChI=1S/C26H21F2N6O2P/c1-33-13-20(21-22(29)30-14-31-23(21)33)15-7-9-17(10-8-15)32-24(35)19-11-16(26(27,28)37)12-34(25(19)36)18-5-3-2-4-6-18/h2-14H,37H2,1H3,(H,32,35)(H2,29,30,31). The molecule has 0 aliphatic heterocycles. The molecule has 0 bridgehead atoms. The second-order valence-electron chi connectivity index (χ2n) is 8.42. The molecule has 1 amide bonds. The lowest BCUT2D eigenvalue weighted by atomic mass is 10.1. The van der Waals surface area contributed by atoms with Crippen molar-refractivity contribution in [2.24, 2.45) is 7.05 Å². The maximum atomic E-state index is 14.2. The van der Waals surface area contributed by atoms with Crippen LogP contribution in [0.4, 0.5) is 20.3 Å². The number of pyridine rings is 1. The minimum atomic E-state index is -3.34. The number of anilines is 2. The molecule has 0 saturated heterocycles. The van der Waals surface area contributed by atoms with Crippen molar-refractivity contribution >= 4 is 37.7 Å². The number of nitrogens with zero attached hydrogens (tertiary/aromatic N) is 4.